The van der Waals surface area contributed by atoms with Crippen LogP contribution in [0.3, 0.4) is 0 Å². The highest BCUT2D eigenvalue weighted by molar-refractivity contribution is 6.27. The van der Waals surface area contributed by atoms with Crippen LogP contribution in [0.25, 0.3) is 0 Å². The van der Waals surface area contributed by atoms with Gasteiger partial charge in [0.05, 0.1) is 5.92 Å². The minimum atomic E-state index is -1.82. The predicted molar refractivity (Wildman–Crippen MR) is 115 cm³/mol. The van der Waals surface area contributed by atoms with Crippen molar-refractivity contribution in [2.24, 2.45) is 5.92 Å². The Morgan fingerprint density at radius 2 is 1.59 bits per heavy atom. The summed E-state index contributed by atoms with van der Waals surface area (Å²) in [5.74, 6) is -3.52. The van der Waals surface area contributed by atoms with Gasteiger partial charge in [0.2, 0.25) is 5.91 Å². The molecule has 0 aromatic heterocycles. The van der Waals surface area contributed by atoms with Crippen LogP contribution in [0.2, 0.25) is 0 Å². The van der Waals surface area contributed by atoms with Crippen molar-refractivity contribution < 1.29 is 29.0 Å². The van der Waals surface area contributed by atoms with Gasteiger partial charge in [-0.25, -0.2) is 14.0 Å². The van der Waals surface area contributed by atoms with Crippen molar-refractivity contribution in [3.63, 3.8) is 0 Å². The first-order valence-electron chi connectivity index (χ1n) is 10.6. The molecule has 1 unspecified atom stereocenters. The van der Waals surface area contributed by atoms with E-state index in [4.69, 9.17) is 19.8 Å². The average Bonchev–Trinajstić information content (AvgIpc) is 2.80. The Morgan fingerprint density at radius 3 is 2.28 bits per heavy atom. The first-order chi connectivity index (χ1) is 15.3. The van der Waals surface area contributed by atoms with Gasteiger partial charge >= 0.3 is 11.9 Å². The molecular weight excluding hydrogens is 415 g/mol. The number of nitrogens with zero attached hydrogens (tertiary/aromatic N) is 2. The van der Waals surface area contributed by atoms with Crippen LogP contribution in [0.15, 0.2) is 48.5 Å². The summed E-state index contributed by atoms with van der Waals surface area (Å²) in [6.45, 7) is 3.77. The van der Waals surface area contributed by atoms with Crippen LogP contribution in [-0.2, 0) is 33.9 Å². The maximum atomic E-state index is 13.9. The third-order valence-electron chi connectivity index (χ3n) is 5.83. The molecule has 0 bridgehead atoms. The largest absolute Gasteiger partial charge is 0.473 e. The lowest BCUT2D eigenvalue weighted by Gasteiger charge is -2.36. The molecule has 0 aliphatic carbocycles. The number of aliphatic carboxylic acids is 2. The number of likely N-dealkylation sites (tertiary alicyclic amines) is 1. The van der Waals surface area contributed by atoms with Crippen molar-refractivity contribution in [3.8, 4) is 0 Å². The first kappa shape index (κ1) is 23.4. The Bertz CT molecular complexity index is 968. The number of fused-ring (bicyclic) bond motifs is 1. The van der Waals surface area contributed by atoms with Gasteiger partial charge in [-0.2, -0.15) is 0 Å². The summed E-state index contributed by atoms with van der Waals surface area (Å²) in [6, 6.07) is 15.3. The van der Waals surface area contributed by atoms with Crippen LogP contribution < -0.4 is 0 Å². The Kier molecular flexibility index (Phi) is 7.94. The molecule has 1 atom stereocenters. The summed E-state index contributed by atoms with van der Waals surface area (Å²) in [4.78, 5) is 35.5. The van der Waals surface area contributed by atoms with Crippen LogP contribution in [0.5, 0.6) is 0 Å². The fourth-order valence-corrected chi connectivity index (χ4v) is 4.21. The normalized spacial score (nSPS) is 18.2. The molecule has 2 aliphatic rings. The molecule has 0 saturated carbocycles. The lowest BCUT2D eigenvalue weighted by Crippen LogP contribution is -2.46. The van der Waals surface area contributed by atoms with E-state index in [0.29, 0.717) is 12.1 Å². The van der Waals surface area contributed by atoms with Gasteiger partial charge in [0.1, 0.15) is 5.82 Å². The number of halogens is 1. The Hall–Kier alpha value is -3.26. The number of rotatable bonds is 3. The molecule has 1 saturated heterocycles. The van der Waals surface area contributed by atoms with Crippen LogP contribution in [0, 0.1) is 11.7 Å². The molecule has 7 nitrogen and oxygen atoms in total. The number of carbonyl (C=O) groups excluding carboxylic acids is 1. The monoisotopic (exact) mass is 442 g/mol. The predicted octanol–water partition coefficient (Wildman–Crippen LogP) is 2.78. The summed E-state index contributed by atoms with van der Waals surface area (Å²) >= 11 is 0. The fourth-order valence-electron chi connectivity index (χ4n) is 4.21. The van der Waals surface area contributed by atoms with Crippen LogP contribution in [0.1, 0.15) is 29.5 Å². The average molecular weight is 442 g/mol. The molecule has 2 aromatic rings. The van der Waals surface area contributed by atoms with Gasteiger partial charge < -0.3 is 15.1 Å². The van der Waals surface area contributed by atoms with E-state index in [2.05, 4.69) is 23.1 Å². The quantitative estimate of drug-likeness (QED) is 0.710. The van der Waals surface area contributed by atoms with Gasteiger partial charge in [-0.3, -0.25) is 9.69 Å². The number of carboxylic acid groups (broad SMARTS) is 2. The molecule has 170 valence electrons. The number of piperidine rings is 1. The number of benzene rings is 2. The Balaban J connectivity index is 0.000000427. The van der Waals surface area contributed by atoms with E-state index in [1.54, 1.807) is 6.07 Å². The first-order valence-corrected chi connectivity index (χ1v) is 10.6. The van der Waals surface area contributed by atoms with Crippen molar-refractivity contribution in [2.45, 2.75) is 32.4 Å². The minimum Gasteiger partial charge on any atom is -0.473 e. The lowest BCUT2D eigenvalue weighted by atomic mass is 9.93. The second kappa shape index (κ2) is 10.9. The fraction of sp³-hybridized carbons (Fsp3) is 0.375. The van der Waals surface area contributed by atoms with Crippen LogP contribution >= 0.6 is 0 Å². The third kappa shape index (κ3) is 6.13. The molecular formula is C24H27FN2O5. The summed E-state index contributed by atoms with van der Waals surface area (Å²) in [7, 11) is 0. The third-order valence-corrected chi connectivity index (χ3v) is 5.83. The number of carbonyl (C=O) groups is 3. The SMILES string of the molecule is O=C(C1CCCN(Cc2ccccc2F)C1)N1CCc2ccccc2C1.O=C(O)C(=O)O. The molecule has 0 spiro atoms. The summed E-state index contributed by atoms with van der Waals surface area (Å²) in [5.41, 5.74) is 3.35. The highest BCUT2D eigenvalue weighted by Gasteiger charge is 2.31. The zero-order valence-electron chi connectivity index (χ0n) is 17.7. The Labute approximate surface area is 186 Å². The maximum Gasteiger partial charge on any atom is 0.414 e. The van der Waals surface area contributed by atoms with Gasteiger partial charge in [0.15, 0.2) is 0 Å². The highest BCUT2D eigenvalue weighted by atomic mass is 19.1. The summed E-state index contributed by atoms with van der Waals surface area (Å²) in [5, 5.41) is 14.8. The molecule has 2 N–H and O–H groups in total. The van der Waals surface area contributed by atoms with Gasteiger partial charge in [-0.15, -0.1) is 0 Å². The van der Waals surface area contributed by atoms with E-state index in [9.17, 15) is 9.18 Å². The van der Waals surface area contributed by atoms with Crippen molar-refractivity contribution in [1.82, 2.24) is 9.80 Å². The van der Waals surface area contributed by atoms with E-state index in [-0.39, 0.29) is 17.6 Å². The van der Waals surface area contributed by atoms with Crippen molar-refractivity contribution in [2.75, 3.05) is 19.6 Å². The lowest BCUT2D eigenvalue weighted by molar-refractivity contribution is -0.159. The van der Waals surface area contributed by atoms with Gasteiger partial charge in [0.25, 0.3) is 0 Å². The molecule has 2 heterocycles. The zero-order valence-corrected chi connectivity index (χ0v) is 17.7. The van der Waals surface area contributed by atoms with Gasteiger partial charge in [-0.1, -0.05) is 42.5 Å². The van der Waals surface area contributed by atoms with Crippen LogP contribution in [0.4, 0.5) is 4.39 Å². The molecule has 2 aromatic carbocycles. The number of hydrogen-bond acceptors (Lipinski definition) is 4. The van der Waals surface area contributed by atoms with E-state index in [1.165, 1.54) is 17.2 Å². The molecule has 32 heavy (non-hydrogen) atoms. The summed E-state index contributed by atoms with van der Waals surface area (Å²) < 4.78 is 13.9. The summed E-state index contributed by atoms with van der Waals surface area (Å²) in [6.07, 6.45) is 2.87. The van der Waals surface area contributed by atoms with E-state index in [0.717, 1.165) is 45.4 Å². The second-order valence-electron chi connectivity index (χ2n) is 8.05. The Morgan fingerprint density at radius 1 is 0.938 bits per heavy atom. The number of hydrogen-bond donors (Lipinski definition) is 2. The van der Waals surface area contributed by atoms with E-state index in [1.807, 2.05) is 23.1 Å². The number of amides is 1. The molecule has 4 rings (SSSR count). The van der Waals surface area contributed by atoms with E-state index >= 15 is 0 Å². The van der Waals surface area contributed by atoms with Gasteiger partial charge in [0, 0.05) is 31.7 Å². The van der Waals surface area contributed by atoms with Crippen molar-refractivity contribution in [3.05, 3.63) is 71.0 Å². The van der Waals surface area contributed by atoms with Crippen LogP contribution in [-0.4, -0.2) is 57.5 Å². The smallest absolute Gasteiger partial charge is 0.414 e. The maximum absolute atomic E-state index is 13.9. The zero-order chi connectivity index (χ0) is 23.1. The van der Waals surface area contributed by atoms with Gasteiger partial charge in [-0.05, 0) is 43.0 Å². The molecule has 1 fully saturated rings. The van der Waals surface area contributed by atoms with Crippen molar-refractivity contribution in [1.29, 1.82) is 0 Å². The molecule has 8 heteroatoms. The minimum absolute atomic E-state index is 0.0285. The second-order valence-corrected chi connectivity index (χ2v) is 8.05. The number of carboxylic acids is 2. The standard InChI is InChI=1S/C22H25FN2O.C2H2O4/c23-21-10-4-3-8-19(21)14-24-12-5-9-20(15-24)22(26)25-13-11-17-6-1-2-7-18(17)16-25;3-1(4)2(5)6/h1-4,6-8,10,20H,5,9,11-16H2;(H,3,4)(H,5,6). The topological polar surface area (TPSA) is 98.2 Å². The highest BCUT2D eigenvalue weighted by Crippen LogP contribution is 2.25. The molecule has 1 amide bonds. The molecule has 2 aliphatic heterocycles. The van der Waals surface area contributed by atoms with E-state index < -0.39 is 11.9 Å². The molecule has 0 radical (unpaired) electrons. The van der Waals surface area contributed by atoms with Crippen molar-refractivity contribution >= 4 is 17.8 Å².